The van der Waals surface area contributed by atoms with Crippen LogP contribution in [0.25, 0.3) is 0 Å². The largest absolute Gasteiger partial charge is 0.339 e. The zero-order valence-electron chi connectivity index (χ0n) is 11.4. The molecule has 1 saturated carbocycles. The van der Waals surface area contributed by atoms with Crippen LogP contribution < -0.4 is 5.32 Å². The van der Waals surface area contributed by atoms with Gasteiger partial charge in [-0.3, -0.25) is 4.79 Å². The average Bonchev–Trinajstić information content (AvgIpc) is 3.08. The lowest BCUT2D eigenvalue weighted by Gasteiger charge is -2.33. The second-order valence-corrected chi connectivity index (χ2v) is 6.19. The van der Waals surface area contributed by atoms with E-state index in [2.05, 4.69) is 31.0 Å². The number of carbonyl (C=O) groups excluding carboxylic acids is 1. The zero-order chi connectivity index (χ0) is 12.4. The second-order valence-electron chi connectivity index (χ2n) is 6.19. The lowest BCUT2D eigenvalue weighted by molar-refractivity contribution is -0.137. The van der Waals surface area contributed by atoms with Gasteiger partial charge in [0.05, 0.1) is 0 Å². The Morgan fingerprint density at radius 1 is 1.35 bits per heavy atom. The summed E-state index contributed by atoms with van der Waals surface area (Å²) in [7, 11) is 0. The van der Waals surface area contributed by atoms with Gasteiger partial charge in [0.25, 0.3) is 0 Å². The Morgan fingerprint density at radius 3 is 2.59 bits per heavy atom. The Labute approximate surface area is 105 Å². The molecule has 1 aliphatic carbocycles. The third-order valence-corrected chi connectivity index (χ3v) is 3.81. The van der Waals surface area contributed by atoms with Crippen LogP contribution in [-0.2, 0) is 4.79 Å². The first kappa shape index (κ1) is 12.9. The number of nitrogens with zero attached hydrogens (tertiary/aromatic N) is 1. The maximum absolute atomic E-state index is 12.6. The molecule has 2 aliphatic rings. The predicted molar refractivity (Wildman–Crippen MR) is 69.8 cm³/mol. The first-order valence-corrected chi connectivity index (χ1v) is 7.11. The Balaban J connectivity index is 1.95. The van der Waals surface area contributed by atoms with Crippen molar-refractivity contribution >= 4 is 5.91 Å². The van der Waals surface area contributed by atoms with Crippen LogP contribution >= 0.6 is 0 Å². The molecule has 2 atom stereocenters. The van der Waals surface area contributed by atoms with Gasteiger partial charge in [0.1, 0.15) is 0 Å². The van der Waals surface area contributed by atoms with Crippen LogP contribution in [0.4, 0.5) is 0 Å². The molecule has 3 heteroatoms. The van der Waals surface area contributed by atoms with Crippen LogP contribution in [0.3, 0.4) is 0 Å². The van der Waals surface area contributed by atoms with E-state index in [1.165, 1.54) is 12.8 Å². The van der Waals surface area contributed by atoms with Crippen LogP contribution in [0.2, 0.25) is 0 Å². The van der Waals surface area contributed by atoms with E-state index in [-0.39, 0.29) is 5.92 Å². The summed E-state index contributed by atoms with van der Waals surface area (Å²) in [5.74, 6) is 1.28. The minimum Gasteiger partial charge on any atom is -0.339 e. The highest BCUT2D eigenvalue weighted by Gasteiger charge is 2.36. The molecule has 1 saturated heterocycles. The standard InChI is InChI=1S/C14H26N2O/c1-10(2)9-16(13-4-5-13)14(17)12-6-7-15-11(3)8-12/h10-13,15H,4-9H2,1-3H3. The summed E-state index contributed by atoms with van der Waals surface area (Å²) >= 11 is 0. The van der Waals surface area contributed by atoms with Crippen molar-refractivity contribution in [2.45, 2.75) is 58.5 Å². The fourth-order valence-corrected chi connectivity index (χ4v) is 2.79. The van der Waals surface area contributed by atoms with Gasteiger partial charge in [0.2, 0.25) is 5.91 Å². The average molecular weight is 238 g/mol. The minimum absolute atomic E-state index is 0.269. The van der Waals surface area contributed by atoms with E-state index in [9.17, 15) is 4.79 Å². The molecule has 17 heavy (non-hydrogen) atoms. The first-order chi connectivity index (χ1) is 8.08. The van der Waals surface area contributed by atoms with Crippen molar-refractivity contribution in [1.29, 1.82) is 0 Å². The van der Waals surface area contributed by atoms with E-state index in [0.717, 1.165) is 25.9 Å². The normalized spacial score (nSPS) is 29.4. The van der Waals surface area contributed by atoms with Gasteiger partial charge in [0.15, 0.2) is 0 Å². The number of piperidine rings is 1. The molecule has 3 nitrogen and oxygen atoms in total. The van der Waals surface area contributed by atoms with Gasteiger partial charge in [-0.1, -0.05) is 13.8 Å². The van der Waals surface area contributed by atoms with Crippen LogP contribution in [0.5, 0.6) is 0 Å². The molecule has 2 unspecified atom stereocenters. The summed E-state index contributed by atoms with van der Waals surface area (Å²) < 4.78 is 0. The van der Waals surface area contributed by atoms with Crippen LogP contribution in [0.15, 0.2) is 0 Å². The van der Waals surface area contributed by atoms with E-state index in [1.807, 2.05) is 0 Å². The van der Waals surface area contributed by atoms with Gasteiger partial charge in [0, 0.05) is 24.5 Å². The number of rotatable bonds is 4. The molecule has 1 aliphatic heterocycles. The van der Waals surface area contributed by atoms with E-state index in [4.69, 9.17) is 0 Å². The monoisotopic (exact) mass is 238 g/mol. The van der Waals surface area contributed by atoms with Crippen molar-refractivity contribution in [3.63, 3.8) is 0 Å². The van der Waals surface area contributed by atoms with Crippen molar-refractivity contribution in [2.75, 3.05) is 13.1 Å². The van der Waals surface area contributed by atoms with Crippen LogP contribution in [0.1, 0.15) is 46.5 Å². The molecule has 0 radical (unpaired) electrons. The van der Waals surface area contributed by atoms with E-state index < -0.39 is 0 Å². The number of hydrogen-bond acceptors (Lipinski definition) is 2. The van der Waals surface area contributed by atoms with Crippen molar-refractivity contribution in [2.24, 2.45) is 11.8 Å². The highest BCUT2D eigenvalue weighted by Crippen LogP contribution is 2.30. The molecule has 0 aromatic heterocycles. The van der Waals surface area contributed by atoms with E-state index >= 15 is 0 Å². The molecular weight excluding hydrogens is 212 g/mol. The van der Waals surface area contributed by atoms with Gasteiger partial charge < -0.3 is 10.2 Å². The molecule has 0 aromatic carbocycles. The van der Waals surface area contributed by atoms with Gasteiger partial charge >= 0.3 is 0 Å². The Bertz CT molecular complexity index is 273. The minimum atomic E-state index is 0.269. The third-order valence-electron chi connectivity index (χ3n) is 3.81. The zero-order valence-corrected chi connectivity index (χ0v) is 11.4. The molecule has 0 bridgehead atoms. The highest BCUT2D eigenvalue weighted by atomic mass is 16.2. The van der Waals surface area contributed by atoms with Crippen LogP contribution in [-0.4, -0.2) is 36.0 Å². The fraction of sp³-hybridized carbons (Fsp3) is 0.929. The Morgan fingerprint density at radius 2 is 2.06 bits per heavy atom. The predicted octanol–water partition coefficient (Wildman–Crippen LogP) is 2.02. The van der Waals surface area contributed by atoms with Crippen molar-refractivity contribution in [1.82, 2.24) is 10.2 Å². The molecule has 2 rings (SSSR count). The van der Waals surface area contributed by atoms with Crippen LogP contribution in [0, 0.1) is 11.8 Å². The molecule has 1 N–H and O–H groups in total. The maximum atomic E-state index is 12.6. The Kier molecular flexibility index (Phi) is 4.08. The molecule has 0 spiro atoms. The second kappa shape index (κ2) is 5.38. The lowest BCUT2D eigenvalue weighted by Crippen LogP contribution is -2.46. The van der Waals surface area contributed by atoms with E-state index in [0.29, 0.717) is 23.9 Å². The number of amides is 1. The van der Waals surface area contributed by atoms with Crippen molar-refractivity contribution in [3.8, 4) is 0 Å². The smallest absolute Gasteiger partial charge is 0.226 e. The lowest BCUT2D eigenvalue weighted by atomic mass is 9.91. The molecule has 2 fully saturated rings. The fourth-order valence-electron chi connectivity index (χ4n) is 2.79. The maximum Gasteiger partial charge on any atom is 0.226 e. The summed E-state index contributed by atoms with van der Waals surface area (Å²) in [6.45, 7) is 8.53. The molecule has 1 amide bonds. The number of hydrogen-bond donors (Lipinski definition) is 1. The molecular formula is C14H26N2O. The number of nitrogens with one attached hydrogen (secondary N) is 1. The van der Waals surface area contributed by atoms with Gasteiger partial charge in [-0.15, -0.1) is 0 Å². The summed E-state index contributed by atoms with van der Waals surface area (Å²) in [6, 6.07) is 1.06. The summed E-state index contributed by atoms with van der Waals surface area (Å²) in [5.41, 5.74) is 0. The summed E-state index contributed by atoms with van der Waals surface area (Å²) in [6.07, 6.45) is 4.47. The molecule has 1 heterocycles. The van der Waals surface area contributed by atoms with Gasteiger partial charge in [-0.2, -0.15) is 0 Å². The molecule has 98 valence electrons. The number of carbonyl (C=O) groups is 1. The highest BCUT2D eigenvalue weighted by molar-refractivity contribution is 5.79. The van der Waals surface area contributed by atoms with Crippen molar-refractivity contribution < 1.29 is 4.79 Å². The van der Waals surface area contributed by atoms with E-state index in [1.54, 1.807) is 0 Å². The quantitative estimate of drug-likeness (QED) is 0.812. The summed E-state index contributed by atoms with van der Waals surface area (Å²) in [4.78, 5) is 14.7. The molecule has 0 aromatic rings. The van der Waals surface area contributed by atoms with Crippen molar-refractivity contribution in [3.05, 3.63) is 0 Å². The van der Waals surface area contributed by atoms with Gasteiger partial charge in [-0.25, -0.2) is 0 Å². The topological polar surface area (TPSA) is 32.3 Å². The third kappa shape index (κ3) is 3.44. The summed E-state index contributed by atoms with van der Waals surface area (Å²) in [5, 5.41) is 3.42. The Hall–Kier alpha value is -0.570. The van der Waals surface area contributed by atoms with Gasteiger partial charge in [-0.05, 0) is 45.1 Å². The SMILES string of the molecule is CC(C)CN(C(=O)C1CCNC(C)C1)C1CC1. The first-order valence-electron chi connectivity index (χ1n) is 7.11.